The zero-order valence-electron chi connectivity index (χ0n) is 11.4. The maximum atomic E-state index is 13.0. The van der Waals surface area contributed by atoms with Gasteiger partial charge in [0.15, 0.2) is 0 Å². The first-order valence-electron chi connectivity index (χ1n) is 6.27. The highest BCUT2D eigenvalue weighted by Crippen LogP contribution is 2.19. The normalized spacial score (nSPS) is 10.6. The molecule has 0 aliphatic rings. The Bertz CT molecular complexity index is 607. The van der Waals surface area contributed by atoms with Gasteiger partial charge in [0, 0.05) is 19.3 Å². The molecule has 0 atom stereocenters. The van der Waals surface area contributed by atoms with Crippen LogP contribution in [0.3, 0.4) is 0 Å². The lowest BCUT2D eigenvalue weighted by atomic mass is 10.2. The lowest BCUT2D eigenvalue weighted by Gasteiger charge is -2.23. The van der Waals surface area contributed by atoms with Crippen LogP contribution in [0.1, 0.15) is 23.0 Å². The molecule has 6 heteroatoms. The summed E-state index contributed by atoms with van der Waals surface area (Å²) in [4.78, 5) is 13.1. The fourth-order valence-corrected chi connectivity index (χ4v) is 2.05. The van der Waals surface area contributed by atoms with Gasteiger partial charge in [-0.3, -0.25) is 4.68 Å². The second kappa shape index (κ2) is 5.73. The van der Waals surface area contributed by atoms with Crippen molar-refractivity contribution in [3.8, 4) is 0 Å². The van der Waals surface area contributed by atoms with E-state index < -0.39 is 5.97 Å². The maximum Gasteiger partial charge on any atom is 0.339 e. The number of benzene rings is 1. The van der Waals surface area contributed by atoms with Gasteiger partial charge < -0.3 is 10.0 Å². The van der Waals surface area contributed by atoms with Gasteiger partial charge >= 0.3 is 5.97 Å². The van der Waals surface area contributed by atoms with Crippen LogP contribution in [0.15, 0.2) is 30.5 Å². The minimum absolute atomic E-state index is 0.188. The van der Waals surface area contributed by atoms with E-state index in [2.05, 4.69) is 5.10 Å². The van der Waals surface area contributed by atoms with Crippen LogP contribution >= 0.6 is 0 Å². The molecule has 0 amide bonds. The van der Waals surface area contributed by atoms with Crippen molar-refractivity contribution in [1.29, 1.82) is 0 Å². The van der Waals surface area contributed by atoms with E-state index in [0.717, 1.165) is 5.69 Å². The molecule has 1 N–H and O–H groups in total. The number of rotatable bonds is 5. The number of aryl methyl sites for hydroxylation is 1. The summed E-state index contributed by atoms with van der Waals surface area (Å²) >= 11 is 0. The number of carboxylic acids is 1. The molecule has 5 nitrogen and oxygen atoms in total. The molecule has 0 aliphatic heterocycles. The van der Waals surface area contributed by atoms with Crippen LogP contribution in [-0.2, 0) is 13.6 Å². The Morgan fingerprint density at radius 1 is 1.40 bits per heavy atom. The van der Waals surface area contributed by atoms with Crippen molar-refractivity contribution in [2.24, 2.45) is 7.05 Å². The standard InChI is InChI=1S/C14H16FN3O2/c1-3-18(11-6-4-10(15)5-7-11)9-13-12(14(19)20)8-16-17(13)2/h4-8H,3,9H2,1-2H3,(H,19,20). The first kappa shape index (κ1) is 14.0. The molecule has 2 rings (SSSR count). The van der Waals surface area contributed by atoms with E-state index in [4.69, 9.17) is 5.11 Å². The van der Waals surface area contributed by atoms with E-state index in [1.54, 1.807) is 23.9 Å². The van der Waals surface area contributed by atoms with Crippen molar-refractivity contribution in [3.63, 3.8) is 0 Å². The van der Waals surface area contributed by atoms with Gasteiger partial charge in [-0.2, -0.15) is 5.10 Å². The summed E-state index contributed by atoms with van der Waals surface area (Å²) in [5.74, 6) is -1.29. The van der Waals surface area contributed by atoms with Crippen LogP contribution in [-0.4, -0.2) is 27.4 Å². The average Bonchev–Trinajstić information content (AvgIpc) is 2.78. The van der Waals surface area contributed by atoms with Gasteiger partial charge in [0.05, 0.1) is 18.4 Å². The summed E-state index contributed by atoms with van der Waals surface area (Å²) in [6, 6.07) is 6.13. The Morgan fingerprint density at radius 2 is 2.05 bits per heavy atom. The van der Waals surface area contributed by atoms with Crippen LogP contribution in [0.2, 0.25) is 0 Å². The molecule has 0 bridgehead atoms. The minimum atomic E-state index is -0.997. The molecule has 1 aromatic heterocycles. The minimum Gasteiger partial charge on any atom is -0.478 e. The highest BCUT2D eigenvalue weighted by Gasteiger charge is 2.17. The molecule has 1 heterocycles. The van der Waals surface area contributed by atoms with Gasteiger partial charge in [-0.15, -0.1) is 0 Å². The third-order valence-electron chi connectivity index (χ3n) is 3.21. The van der Waals surface area contributed by atoms with E-state index in [-0.39, 0.29) is 11.4 Å². The van der Waals surface area contributed by atoms with Crippen LogP contribution in [0.4, 0.5) is 10.1 Å². The molecule has 0 radical (unpaired) electrons. The largest absolute Gasteiger partial charge is 0.478 e. The molecule has 0 fully saturated rings. The lowest BCUT2D eigenvalue weighted by Crippen LogP contribution is -2.24. The fraction of sp³-hybridized carbons (Fsp3) is 0.286. The Labute approximate surface area is 116 Å². The zero-order valence-corrected chi connectivity index (χ0v) is 11.4. The van der Waals surface area contributed by atoms with Crippen LogP contribution in [0.25, 0.3) is 0 Å². The molecule has 106 valence electrons. The van der Waals surface area contributed by atoms with Gasteiger partial charge in [-0.05, 0) is 31.2 Å². The summed E-state index contributed by atoms with van der Waals surface area (Å²) < 4.78 is 14.5. The predicted octanol–water partition coefficient (Wildman–Crippen LogP) is 2.28. The molecule has 0 saturated carbocycles. The lowest BCUT2D eigenvalue weighted by molar-refractivity contribution is 0.0695. The molecule has 0 unspecified atom stereocenters. The average molecular weight is 277 g/mol. The third-order valence-corrected chi connectivity index (χ3v) is 3.21. The summed E-state index contributed by atoms with van der Waals surface area (Å²) in [6.07, 6.45) is 1.34. The van der Waals surface area contributed by atoms with E-state index in [1.807, 2.05) is 11.8 Å². The Hall–Kier alpha value is -2.37. The van der Waals surface area contributed by atoms with Gasteiger partial charge in [-0.25, -0.2) is 9.18 Å². The van der Waals surface area contributed by atoms with Crippen molar-refractivity contribution in [2.45, 2.75) is 13.5 Å². The number of aromatic carboxylic acids is 1. The molecule has 1 aromatic carbocycles. The Kier molecular flexibility index (Phi) is 4.02. The van der Waals surface area contributed by atoms with Crippen molar-refractivity contribution < 1.29 is 14.3 Å². The molecule has 0 spiro atoms. The first-order chi connectivity index (χ1) is 9.52. The summed E-state index contributed by atoms with van der Waals surface area (Å²) in [5, 5.41) is 13.1. The molecule has 0 aliphatic carbocycles. The molecule has 2 aromatic rings. The van der Waals surface area contributed by atoms with Crippen LogP contribution in [0, 0.1) is 5.82 Å². The van der Waals surface area contributed by atoms with Crippen molar-refractivity contribution in [2.75, 3.05) is 11.4 Å². The summed E-state index contributed by atoms with van der Waals surface area (Å²) in [5.41, 5.74) is 1.64. The summed E-state index contributed by atoms with van der Waals surface area (Å²) in [7, 11) is 1.71. The van der Waals surface area contributed by atoms with Crippen LogP contribution < -0.4 is 4.90 Å². The topological polar surface area (TPSA) is 58.4 Å². The number of anilines is 1. The Balaban J connectivity index is 2.29. The number of aromatic nitrogens is 2. The predicted molar refractivity (Wildman–Crippen MR) is 73.3 cm³/mol. The molecule has 0 saturated heterocycles. The number of carboxylic acid groups (broad SMARTS) is 1. The third kappa shape index (κ3) is 2.79. The summed E-state index contributed by atoms with van der Waals surface area (Å²) in [6.45, 7) is 3.04. The number of halogens is 1. The second-order valence-electron chi connectivity index (χ2n) is 4.42. The van der Waals surface area contributed by atoms with Crippen molar-refractivity contribution in [3.05, 3.63) is 47.5 Å². The maximum absolute atomic E-state index is 13.0. The molecular formula is C14H16FN3O2. The van der Waals surface area contributed by atoms with Crippen LogP contribution in [0.5, 0.6) is 0 Å². The van der Waals surface area contributed by atoms with Gasteiger partial charge in [0.1, 0.15) is 11.4 Å². The number of hydrogen-bond donors (Lipinski definition) is 1. The van der Waals surface area contributed by atoms with Crippen molar-refractivity contribution in [1.82, 2.24) is 9.78 Å². The number of nitrogens with zero attached hydrogens (tertiary/aromatic N) is 3. The highest BCUT2D eigenvalue weighted by atomic mass is 19.1. The van der Waals surface area contributed by atoms with E-state index in [1.165, 1.54) is 18.3 Å². The number of hydrogen-bond acceptors (Lipinski definition) is 3. The number of carbonyl (C=O) groups is 1. The monoisotopic (exact) mass is 277 g/mol. The van der Waals surface area contributed by atoms with E-state index in [9.17, 15) is 9.18 Å². The van der Waals surface area contributed by atoms with Gasteiger partial charge in [-0.1, -0.05) is 0 Å². The quantitative estimate of drug-likeness (QED) is 0.911. The molecular weight excluding hydrogens is 261 g/mol. The Morgan fingerprint density at radius 3 is 2.60 bits per heavy atom. The fourth-order valence-electron chi connectivity index (χ4n) is 2.05. The highest BCUT2D eigenvalue weighted by molar-refractivity contribution is 5.88. The first-order valence-corrected chi connectivity index (χ1v) is 6.27. The zero-order chi connectivity index (χ0) is 14.7. The molecule has 20 heavy (non-hydrogen) atoms. The SMILES string of the molecule is CCN(Cc1c(C(=O)O)cnn1C)c1ccc(F)cc1. The van der Waals surface area contributed by atoms with E-state index >= 15 is 0 Å². The smallest absolute Gasteiger partial charge is 0.339 e. The van der Waals surface area contributed by atoms with Gasteiger partial charge in [0.2, 0.25) is 0 Å². The second-order valence-corrected chi connectivity index (χ2v) is 4.42. The van der Waals surface area contributed by atoms with E-state index in [0.29, 0.717) is 18.8 Å². The van der Waals surface area contributed by atoms with Gasteiger partial charge in [0.25, 0.3) is 0 Å². The van der Waals surface area contributed by atoms with Crippen molar-refractivity contribution >= 4 is 11.7 Å².